The largest absolute Gasteiger partial charge is 0.423 e. The maximum atomic E-state index is 12.2. The highest BCUT2D eigenvalue weighted by Gasteiger charge is 2.16. The van der Waals surface area contributed by atoms with Crippen molar-refractivity contribution in [2.24, 2.45) is 0 Å². The molecule has 1 heterocycles. The molecule has 1 aromatic carbocycles. The van der Waals surface area contributed by atoms with Gasteiger partial charge < -0.3 is 9.15 Å². The standard InChI is InChI=1S/C18H18O4S.C2H6/c1-3-5-6-14(4-2)21-17(19)15-10-13-9-12(11-23)7-8-16(13)22-18(15)20;1-2/h4,6-10,23H,2-3,5,11H2,1H3;1-2H3/b14-6+;. The molecule has 0 bridgehead atoms. The van der Waals surface area contributed by atoms with Gasteiger partial charge in [-0.25, -0.2) is 9.59 Å². The Hall–Kier alpha value is -2.27. The van der Waals surface area contributed by atoms with Crippen molar-refractivity contribution < 1.29 is 13.9 Å². The molecule has 0 saturated heterocycles. The Labute approximate surface area is 153 Å². The third-order valence-corrected chi connectivity index (χ3v) is 3.61. The van der Waals surface area contributed by atoms with E-state index in [1.54, 1.807) is 12.1 Å². The SMILES string of the molecule is C=C/C(=C\CCC)OC(=O)c1cc2cc(CS)ccc2oc1=O.CC. The average molecular weight is 360 g/mol. The molecule has 0 fully saturated rings. The molecule has 0 aliphatic rings. The number of benzene rings is 1. The van der Waals surface area contributed by atoms with Gasteiger partial charge in [0, 0.05) is 11.1 Å². The first-order valence-electron chi connectivity index (χ1n) is 8.31. The number of carbonyl (C=O) groups excluding carboxylic acids is 1. The minimum atomic E-state index is -0.751. The molecular weight excluding hydrogens is 336 g/mol. The molecule has 1 aromatic heterocycles. The van der Waals surface area contributed by atoms with E-state index in [1.165, 1.54) is 12.1 Å². The summed E-state index contributed by atoms with van der Waals surface area (Å²) in [5.41, 5.74) is 0.518. The molecule has 25 heavy (non-hydrogen) atoms. The van der Waals surface area contributed by atoms with Crippen LogP contribution in [0.5, 0.6) is 0 Å². The lowest BCUT2D eigenvalue weighted by Crippen LogP contribution is -2.16. The summed E-state index contributed by atoms with van der Waals surface area (Å²) in [7, 11) is 0. The molecule has 0 N–H and O–H groups in total. The van der Waals surface area contributed by atoms with Crippen LogP contribution in [0.2, 0.25) is 0 Å². The Morgan fingerprint density at radius 3 is 2.64 bits per heavy atom. The summed E-state index contributed by atoms with van der Waals surface area (Å²) in [6, 6.07) is 6.81. The highest BCUT2D eigenvalue weighted by Crippen LogP contribution is 2.18. The highest BCUT2D eigenvalue weighted by atomic mass is 32.1. The van der Waals surface area contributed by atoms with Crippen molar-refractivity contribution in [3.63, 3.8) is 0 Å². The zero-order chi connectivity index (χ0) is 18.8. The van der Waals surface area contributed by atoms with Crippen molar-refractivity contribution in [2.75, 3.05) is 0 Å². The first kappa shape index (κ1) is 20.8. The van der Waals surface area contributed by atoms with Crippen LogP contribution in [0.15, 0.2) is 58.0 Å². The molecule has 0 amide bonds. The zero-order valence-corrected chi connectivity index (χ0v) is 15.8. The zero-order valence-electron chi connectivity index (χ0n) is 14.9. The molecule has 134 valence electrons. The second kappa shape index (κ2) is 10.6. The molecule has 5 heteroatoms. The second-order valence-electron chi connectivity index (χ2n) is 4.97. The van der Waals surface area contributed by atoms with Crippen LogP contribution in [0.25, 0.3) is 11.0 Å². The fraction of sp³-hybridized carbons (Fsp3) is 0.300. The van der Waals surface area contributed by atoms with Gasteiger partial charge in [-0.05, 0) is 42.3 Å². The third-order valence-electron chi connectivity index (χ3n) is 3.25. The van der Waals surface area contributed by atoms with Crippen LogP contribution in [-0.2, 0) is 10.5 Å². The van der Waals surface area contributed by atoms with Gasteiger partial charge in [0.1, 0.15) is 16.9 Å². The fourth-order valence-corrected chi connectivity index (χ4v) is 2.23. The summed E-state index contributed by atoms with van der Waals surface area (Å²) >= 11 is 4.21. The van der Waals surface area contributed by atoms with Crippen LogP contribution in [0, 0.1) is 0 Å². The predicted octanol–water partition coefficient (Wildman–Crippen LogP) is 5.28. The number of thiol groups is 1. The predicted molar refractivity (Wildman–Crippen MR) is 105 cm³/mol. The van der Waals surface area contributed by atoms with Gasteiger partial charge in [-0.1, -0.05) is 39.8 Å². The normalized spacial score (nSPS) is 10.8. The van der Waals surface area contributed by atoms with E-state index in [0.29, 0.717) is 22.5 Å². The van der Waals surface area contributed by atoms with E-state index >= 15 is 0 Å². The number of allylic oxidation sites excluding steroid dienone is 2. The van der Waals surface area contributed by atoms with Gasteiger partial charge in [0.05, 0.1) is 0 Å². The molecule has 0 unspecified atom stereocenters. The van der Waals surface area contributed by atoms with Gasteiger partial charge in [-0.2, -0.15) is 12.6 Å². The molecule has 0 atom stereocenters. The van der Waals surface area contributed by atoms with Crippen molar-refractivity contribution in [3.8, 4) is 0 Å². The molecule has 0 spiro atoms. The van der Waals surface area contributed by atoms with Crippen LogP contribution in [0.4, 0.5) is 0 Å². The number of hydrogen-bond acceptors (Lipinski definition) is 5. The number of esters is 1. The van der Waals surface area contributed by atoms with Gasteiger partial charge in [0.25, 0.3) is 0 Å². The van der Waals surface area contributed by atoms with Gasteiger partial charge in [-0.15, -0.1) is 0 Å². The average Bonchev–Trinajstić information content (AvgIpc) is 2.65. The van der Waals surface area contributed by atoms with Crippen LogP contribution < -0.4 is 5.63 Å². The molecule has 4 nitrogen and oxygen atoms in total. The van der Waals surface area contributed by atoms with Gasteiger partial charge >= 0.3 is 11.6 Å². The minimum absolute atomic E-state index is 0.141. The van der Waals surface area contributed by atoms with E-state index in [1.807, 2.05) is 32.9 Å². The summed E-state index contributed by atoms with van der Waals surface area (Å²) in [4.78, 5) is 24.2. The summed E-state index contributed by atoms with van der Waals surface area (Å²) in [5.74, 6) is 0.134. The molecule has 0 saturated carbocycles. The Balaban J connectivity index is 0.00000151. The number of unbranched alkanes of at least 4 members (excludes halogenated alkanes) is 1. The van der Waals surface area contributed by atoms with Crippen molar-refractivity contribution in [1.29, 1.82) is 0 Å². The van der Waals surface area contributed by atoms with Crippen molar-refractivity contribution in [1.82, 2.24) is 0 Å². The van der Waals surface area contributed by atoms with E-state index in [0.717, 1.165) is 18.4 Å². The first-order valence-corrected chi connectivity index (χ1v) is 8.94. The van der Waals surface area contributed by atoms with Gasteiger partial charge in [0.15, 0.2) is 0 Å². The van der Waals surface area contributed by atoms with E-state index in [9.17, 15) is 9.59 Å². The minimum Gasteiger partial charge on any atom is -0.423 e. The van der Waals surface area contributed by atoms with E-state index in [4.69, 9.17) is 9.15 Å². The summed E-state index contributed by atoms with van der Waals surface area (Å²) in [5, 5.41) is 0.654. The van der Waals surface area contributed by atoms with Crippen LogP contribution >= 0.6 is 12.6 Å². The number of ether oxygens (including phenoxy) is 1. The number of hydrogen-bond donors (Lipinski definition) is 1. The topological polar surface area (TPSA) is 56.5 Å². The summed E-state index contributed by atoms with van der Waals surface area (Å²) in [6.07, 6.45) is 4.87. The van der Waals surface area contributed by atoms with Crippen molar-refractivity contribution >= 4 is 29.6 Å². The highest BCUT2D eigenvalue weighted by molar-refractivity contribution is 7.79. The quantitative estimate of drug-likeness (QED) is 0.250. The van der Waals surface area contributed by atoms with Crippen molar-refractivity contribution in [2.45, 2.75) is 39.4 Å². The Kier molecular flexibility index (Phi) is 8.78. The number of fused-ring (bicyclic) bond motifs is 1. The molecule has 2 rings (SSSR count). The lowest BCUT2D eigenvalue weighted by molar-refractivity contribution is 0.0631. The maximum absolute atomic E-state index is 12.2. The van der Waals surface area contributed by atoms with Crippen molar-refractivity contribution in [3.05, 3.63) is 70.3 Å². The molecule has 2 aromatic rings. The lowest BCUT2D eigenvalue weighted by Gasteiger charge is -2.06. The Morgan fingerprint density at radius 2 is 2.04 bits per heavy atom. The first-order chi connectivity index (χ1) is 12.1. The molecule has 0 radical (unpaired) electrons. The molecule has 0 aliphatic heterocycles. The van der Waals surface area contributed by atoms with Crippen LogP contribution in [0.1, 0.15) is 49.5 Å². The molecule has 0 aliphatic carbocycles. The van der Waals surface area contributed by atoms with E-state index in [-0.39, 0.29) is 5.56 Å². The smallest absolute Gasteiger partial charge is 0.351 e. The van der Waals surface area contributed by atoms with Gasteiger partial charge in [-0.3, -0.25) is 0 Å². The van der Waals surface area contributed by atoms with Crippen LogP contribution in [-0.4, -0.2) is 5.97 Å². The molecular formula is C20H24O4S. The Bertz CT molecular complexity index is 818. The maximum Gasteiger partial charge on any atom is 0.351 e. The monoisotopic (exact) mass is 360 g/mol. The van der Waals surface area contributed by atoms with E-state index < -0.39 is 11.6 Å². The summed E-state index contributed by atoms with van der Waals surface area (Å²) < 4.78 is 10.4. The second-order valence-corrected chi connectivity index (χ2v) is 5.28. The third kappa shape index (κ3) is 5.64. The fourth-order valence-electron chi connectivity index (χ4n) is 2.03. The lowest BCUT2D eigenvalue weighted by atomic mass is 10.1. The summed E-state index contributed by atoms with van der Waals surface area (Å²) in [6.45, 7) is 9.61. The van der Waals surface area contributed by atoms with Crippen LogP contribution in [0.3, 0.4) is 0 Å². The number of carbonyl (C=O) groups is 1. The Morgan fingerprint density at radius 1 is 1.32 bits per heavy atom. The van der Waals surface area contributed by atoms with Gasteiger partial charge in [0.2, 0.25) is 0 Å². The number of rotatable bonds is 6. The van der Waals surface area contributed by atoms with E-state index in [2.05, 4.69) is 19.2 Å².